The molecule has 3 aromatic rings. The second kappa shape index (κ2) is 6.93. The quantitative estimate of drug-likeness (QED) is 0.717. The summed E-state index contributed by atoms with van der Waals surface area (Å²) in [5, 5.41) is 1.02. The van der Waals surface area contributed by atoms with Gasteiger partial charge in [0.1, 0.15) is 17.1 Å². The standard InChI is InChI=1S/C18H19FN4OS/c1-24-15-3-2-4-16-17(15)21-18(25-16)23-9-7-22(8-10-23)12-13-5-6-20-11-14(13)19/h2-6,11H,7-10,12H2,1H3. The van der Waals surface area contributed by atoms with Crippen LogP contribution in [0.4, 0.5) is 9.52 Å². The Balaban J connectivity index is 1.44. The molecule has 0 spiro atoms. The zero-order valence-corrected chi connectivity index (χ0v) is 14.8. The van der Waals surface area contributed by atoms with Crippen molar-refractivity contribution in [3.8, 4) is 5.75 Å². The summed E-state index contributed by atoms with van der Waals surface area (Å²) in [6.45, 7) is 4.16. The van der Waals surface area contributed by atoms with Crippen molar-refractivity contribution in [2.45, 2.75) is 6.54 Å². The van der Waals surface area contributed by atoms with E-state index in [2.05, 4.69) is 20.9 Å². The third-order valence-electron chi connectivity index (χ3n) is 4.48. The minimum absolute atomic E-state index is 0.233. The van der Waals surface area contributed by atoms with Gasteiger partial charge in [-0.15, -0.1) is 0 Å². The van der Waals surface area contributed by atoms with Crippen molar-refractivity contribution in [3.05, 3.63) is 48.0 Å². The van der Waals surface area contributed by atoms with Crippen LogP contribution in [0, 0.1) is 5.82 Å². The monoisotopic (exact) mass is 358 g/mol. The average Bonchev–Trinajstić information content (AvgIpc) is 3.08. The van der Waals surface area contributed by atoms with Crippen LogP contribution in [0.5, 0.6) is 5.75 Å². The first-order valence-corrected chi connectivity index (χ1v) is 9.05. The maximum atomic E-state index is 13.8. The van der Waals surface area contributed by atoms with Crippen LogP contribution < -0.4 is 9.64 Å². The highest BCUT2D eigenvalue weighted by Gasteiger charge is 2.21. The van der Waals surface area contributed by atoms with Crippen molar-refractivity contribution >= 4 is 26.7 Å². The Bertz CT molecular complexity index is 876. The van der Waals surface area contributed by atoms with Gasteiger partial charge in [-0.2, -0.15) is 0 Å². The van der Waals surface area contributed by atoms with Gasteiger partial charge < -0.3 is 9.64 Å². The van der Waals surface area contributed by atoms with Gasteiger partial charge in [0.2, 0.25) is 0 Å². The third-order valence-corrected chi connectivity index (χ3v) is 5.57. The van der Waals surface area contributed by atoms with Gasteiger partial charge in [-0.05, 0) is 18.2 Å². The second-order valence-corrected chi connectivity index (χ2v) is 7.04. The highest BCUT2D eigenvalue weighted by molar-refractivity contribution is 7.22. The molecular formula is C18H19FN4OS. The number of anilines is 1. The van der Waals surface area contributed by atoms with Gasteiger partial charge in [0.05, 0.1) is 18.0 Å². The summed E-state index contributed by atoms with van der Waals surface area (Å²) in [6, 6.07) is 7.75. The summed E-state index contributed by atoms with van der Waals surface area (Å²) < 4.78 is 20.3. The Hall–Kier alpha value is -2.25. The van der Waals surface area contributed by atoms with E-state index in [1.54, 1.807) is 30.7 Å². The number of fused-ring (bicyclic) bond motifs is 1. The predicted molar refractivity (Wildman–Crippen MR) is 97.9 cm³/mol. The van der Waals surface area contributed by atoms with Gasteiger partial charge in [-0.1, -0.05) is 17.4 Å². The lowest BCUT2D eigenvalue weighted by Crippen LogP contribution is -2.46. The van der Waals surface area contributed by atoms with Crippen molar-refractivity contribution < 1.29 is 9.13 Å². The average molecular weight is 358 g/mol. The van der Waals surface area contributed by atoms with Crippen molar-refractivity contribution in [3.63, 3.8) is 0 Å². The van der Waals surface area contributed by atoms with Crippen LogP contribution >= 0.6 is 11.3 Å². The lowest BCUT2D eigenvalue weighted by Gasteiger charge is -2.34. The molecule has 1 aliphatic rings. The number of rotatable bonds is 4. The van der Waals surface area contributed by atoms with E-state index < -0.39 is 0 Å². The van der Waals surface area contributed by atoms with Gasteiger partial charge in [0, 0.05) is 44.5 Å². The highest BCUT2D eigenvalue weighted by atomic mass is 32.1. The van der Waals surface area contributed by atoms with E-state index >= 15 is 0 Å². The molecule has 0 bridgehead atoms. The summed E-state index contributed by atoms with van der Waals surface area (Å²) >= 11 is 1.69. The van der Waals surface area contributed by atoms with E-state index in [1.165, 1.54) is 6.20 Å². The lowest BCUT2D eigenvalue weighted by atomic mass is 10.2. The number of aromatic nitrogens is 2. The molecule has 7 heteroatoms. The summed E-state index contributed by atoms with van der Waals surface area (Å²) in [5.74, 6) is 0.579. The topological polar surface area (TPSA) is 41.5 Å². The van der Waals surface area contributed by atoms with Gasteiger partial charge in [-0.3, -0.25) is 9.88 Å². The predicted octanol–water partition coefficient (Wildman–Crippen LogP) is 3.16. The Kier molecular flexibility index (Phi) is 4.50. The van der Waals surface area contributed by atoms with Crippen LogP contribution in [-0.4, -0.2) is 48.2 Å². The van der Waals surface area contributed by atoms with Crippen molar-refractivity contribution in [1.29, 1.82) is 0 Å². The van der Waals surface area contributed by atoms with E-state index in [1.807, 2.05) is 12.1 Å². The smallest absolute Gasteiger partial charge is 0.186 e. The summed E-state index contributed by atoms with van der Waals surface area (Å²) in [6.07, 6.45) is 2.92. The molecular weight excluding hydrogens is 339 g/mol. The zero-order chi connectivity index (χ0) is 17.2. The number of methoxy groups -OCH3 is 1. The van der Waals surface area contributed by atoms with Crippen LogP contribution in [0.3, 0.4) is 0 Å². The highest BCUT2D eigenvalue weighted by Crippen LogP contribution is 2.34. The first-order chi connectivity index (χ1) is 12.2. The molecule has 0 radical (unpaired) electrons. The number of hydrogen-bond donors (Lipinski definition) is 0. The number of thiazole rings is 1. The number of halogens is 1. The van der Waals surface area contributed by atoms with E-state index in [0.29, 0.717) is 12.1 Å². The van der Waals surface area contributed by atoms with Gasteiger partial charge in [-0.25, -0.2) is 9.37 Å². The molecule has 2 aromatic heterocycles. The van der Waals surface area contributed by atoms with Crippen LogP contribution in [-0.2, 0) is 6.54 Å². The molecule has 0 saturated carbocycles. The van der Waals surface area contributed by atoms with E-state index in [9.17, 15) is 4.39 Å². The lowest BCUT2D eigenvalue weighted by molar-refractivity contribution is 0.246. The minimum Gasteiger partial charge on any atom is -0.494 e. The first-order valence-electron chi connectivity index (χ1n) is 8.24. The summed E-state index contributed by atoms with van der Waals surface area (Å²) in [5.41, 5.74) is 1.62. The Morgan fingerprint density at radius 3 is 2.80 bits per heavy atom. The molecule has 0 aliphatic carbocycles. The van der Waals surface area contributed by atoms with Crippen LogP contribution in [0.15, 0.2) is 36.7 Å². The van der Waals surface area contributed by atoms with Crippen molar-refractivity contribution in [2.75, 3.05) is 38.2 Å². The number of hydrogen-bond acceptors (Lipinski definition) is 6. The normalized spacial score (nSPS) is 15.7. The SMILES string of the molecule is COc1cccc2sc(N3CCN(Cc4ccncc4F)CC3)nc12. The molecule has 0 N–H and O–H groups in total. The van der Waals surface area contributed by atoms with E-state index in [0.717, 1.165) is 47.3 Å². The fourth-order valence-corrected chi connectivity index (χ4v) is 4.12. The molecule has 3 heterocycles. The molecule has 5 nitrogen and oxygen atoms in total. The molecule has 130 valence electrons. The van der Waals surface area contributed by atoms with Crippen LogP contribution in [0.2, 0.25) is 0 Å². The molecule has 1 aliphatic heterocycles. The van der Waals surface area contributed by atoms with Crippen molar-refractivity contribution in [1.82, 2.24) is 14.9 Å². The number of nitrogens with zero attached hydrogens (tertiary/aromatic N) is 4. The van der Waals surface area contributed by atoms with Crippen molar-refractivity contribution in [2.24, 2.45) is 0 Å². The second-order valence-electron chi connectivity index (χ2n) is 6.03. The maximum Gasteiger partial charge on any atom is 0.186 e. The fraction of sp³-hybridized carbons (Fsp3) is 0.333. The largest absolute Gasteiger partial charge is 0.494 e. The Labute approximate surface area is 149 Å². The molecule has 4 rings (SSSR count). The number of benzene rings is 1. The van der Waals surface area contributed by atoms with E-state index in [-0.39, 0.29) is 5.82 Å². The van der Waals surface area contributed by atoms with Crippen LogP contribution in [0.25, 0.3) is 10.2 Å². The fourth-order valence-electron chi connectivity index (χ4n) is 3.08. The third kappa shape index (κ3) is 3.29. The molecule has 1 fully saturated rings. The van der Waals surface area contributed by atoms with Gasteiger partial charge in [0.25, 0.3) is 0 Å². The minimum atomic E-state index is -0.233. The number of ether oxygens (including phenoxy) is 1. The summed E-state index contributed by atoms with van der Waals surface area (Å²) in [7, 11) is 1.67. The number of piperazine rings is 1. The summed E-state index contributed by atoms with van der Waals surface area (Å²) in [4.78, 5) is 13.1. The van der Waals surface area contributed by atoms with E-state index in [4.69, 9.17) is 9.72 Å². The zero-order valence-electron chi connectivity index (χ0n) is 14.0. The van der Waals surface area contributed by atoms with Gasteiger partial charge in [0.15, 0.2) is 5.13 Å². The molecule has 1 aromatic carbocycles. The first kappa shape index (κ1) is 16.2. The number of pyridine rings is 1. The van der Waals surface area contributed by atoms with Crippen LogP contribution in [0.1, 0.15) is 5.56 Å². The molecule has 25 heavy (non-hydrogen) atoms. The number of para-hydroxylation sites is 1. The molecule has 1 saturated heterocycles. The van der Waals surface area contributed by atoms with Gasteiger partial charge >= 0.3 is 0 Å². The Morgan fingerprint density at radius 1 is 1.20 bits per heavy atom. The Morgan fingerprint density at radius 2 is 2.04 bits per heavy atom. The maximum absolute atomic E-state index is 13.8. The molecule has 0 atom stereocenters. The molecule has 0 unspecified atom stereocenters. The molecule has 0 amide bonds.